The number of nitrogens with one attached hydrogen (secondary N) is 1. The van der Waals surface area contributed by atoms with Crippen molar-refractivity contribution in [3.63, 3.8) is 0 Å². The maximum atomic E-state index is 12.3. The molecule has 0 spiro atoms. The normalized spacial score (nSPS) is 16.6. The molecule has 0 radical (unpaired) electrons. The monoisotopic (exact) mass is 558 g/mol. The van der Waals surface area contributed by atoms with Crippen molar-refractivity contribution in [1.82, 2.24) is 5.32 Å². The number of carboxylic acids is 1. The third-order valence-electron chi connectivity index (χ3n) is 3.30. The zero-order chi connectivity index (χ0) is 19.4. The van der Waals surface area contributed by atoms with Crippen LogP contribution in [0.2, 0.25) is 0 Å². The summed E-state index contributed by atoms with van der Waals surface area (Å²) in [5.74, 6) is -0.972. The summed E-state index contributed by atoms with van der Waals surface area (Å²) in [5.41, 5.74) is 1.35. The predicted octanol–water partition coefficient (Wildman–Crippen LogP) is 4.41. The van der Waals surface area contributed by atoms with Gasteiger partial charge in [0.15, 0.2) is 11.8 Å². The molecule has 0 unspecified atom stereocenters. The fourth-order valence-corrected chi connectivity index (χ4v) is 3.88. The van der Waals surface area contributed by atoms with E-state index in [0.29, 0.717) is 21.4 Å². The molecule has 3 rings (SSSR count). The molecule has 0 aliphatic carbocycles. The van der Waals surface area contributed by atoms with Crippen molar-refractivity contribution in [2.75, 3.05) is 6.61 Å². The van der Waals surface area contributed by atoms with Crippen LogP contribution >= 0.6 is 50.3 Å². The zero-order valence-corrected chi connectivity index (χ0v) is 18.2. The van der Waals surface area contributed by atoms with Gasteiger partial charge in [0.25, 0.3) is 5.91 Å². The molecule has 0 saturated carbocycles. The van der Waals surface area contributed by atoms with Crippen LogP contribution in [0.3, 0.4) is 0 Å². The third-order valence-corrected chi connectivity index (χ3v) is 5.38. The summed E-state index contributed by atoms with van der Waals surface area (Å²) in [5, 5.41) is 12.0. The van der Waals surface area contributed by atoms with E-state index in [-0.39, 0.29) is 5.91 Å². The average Bonchev–Trinajstić information content (AvgIpc) is 2.94. The molecule has 1 amide bonds. The van der Waals surface area contributed by atoms with Gasteiger partial charge in [0, 0.05) is 13.6 Å². The van der Waals surface area contributed by atoms with E-state index >= 15 is 0 Å². The standard InChI is InChI=1S/C18H12BrIN2O4S/c19-11-5-4-10(14(7-11)26-9-16(23)24)6-15-17(25)22-18(27-15)21-13-3-1-2-12(20)8-13/h1-8H,9H2,(H,23,24)(H,21,22,25)/b15-6+. The molecular formula is C18H12BrIN2O4S. The highest BCUT2D eigenvalue weighted by atomic mass is 127. The van der Waals surface area contributed by atoms with Gasteiger partial charge < -0.3 is 15.2 Å². The molecule has 6 nitrogen and oxygen atoms in total. The van der Waals surface area contributed by atoms with Crippen LogP contribution in [-0.4, -0.2) is 28.8 Å². The van der Waals surface area contributed by atoms with Crippen LogP contribution in [-0.2, 0) is 9.59 Å². The van der Waals surface area contributed by atoms with Crippen LogP contribution in [0.4, 0.5) is 5.69 Å². The lowest BCUT2D eigenvalue weighted by atomic mass is 10.2. The molecule has 27 heavy (non-hydrogen) atoms. The van der Waals surface area contributed by atoms with E-state index in [9.17, 15) is 9.59 Å². The number of ether oxygens (including phenoxy) is 1. The lowest BCUT2D eigenvalue weighted by molar-refractivity contribution is -0.139. The zero-order valence-electron chi connectivity index (χ0n) is 13.6. The summed E-state index contributed by atoms with van der Waals surface area (Å²) >= 11 is 6.74. The van der Waals surface area contributed by atoms with Gasteiger partial charge in [-0.25, -0.2) is 9.79 Å². The average molecular weight is 559 g/mol. The largest absolute Gasteiger partial charge is 0.481 e. The highest BCUT2D eigenvalue weighted by Crippen LogP contribution is 2.32. The van der Waals surface area contributed by atoms with E-state index < -0.39 is 12.6 Å². The molecule has 2 N–H and O–H groups in total. The summed E-state index contributed by atoms with van der Waals surface area (Å²) in [7, 11) is 0. The Labute approximate surface area is 181 Å². The number of thioether (sulfide) groups is 1. The number of carbonyl (C=O) groups is 2. The molecule has 1 saturated heterocycles. The lowest BCUT2D eigenvalue weighted by Gasteiger charge is -2.08. The second-order valence-electron chi connectivity index (χ2n) is 5.33. The van der Waals surface area contributed by atoms with Crippen molar-refractivity contribution in [3.8, 4) is 5.75 Å². The van der Waals surface area contributed by atoms with Crippen LogP contribution in [0.25, 0.3) is 6.08 Å². The first kappa shape index (κ1) is 19.9. The Balaban J connectivity index is 1.85. The molecule has 138 valence electrons. The highest BCUT2D eigenvalue weighted by Gasteiger charge is 2.24. The Morgan fingerprint density at radius 1 is 1.33 bits per heavy atom. The number of hydrogen-bond acceptors (Lipinski definition) is 5. The molecule has 0 atom stereocenters. The lowest BCUT2D eigenvalue weighted by Crippen LogP contribution is -2.19. The van der Waals surface area contributed by atoms with Gasteiger partial charge in [-0.2, -0.15) is 0 Å². The number of aliphatic carboxylic acids is 1. The molecule has 2 aromatic rings. The smallest absolute Gasteiger partial charge is 0.341 e. The van der Waals surface area contributed by atoms with Crippen LogP contribution in [0, 0.1) is 3.57 Å². The molecule has 1 fully saturated rings. The maximum Gasteiger partial charge on any atom is 0.341 e. The summed E-state index contributed by atoms with van der Waals surface area (Å²) < 4.78 is 7.11. The number of benzene rings is 2. The van der Waals surface area contributed by atoms with Crippen LogP contribution in [0.1, 0.15) is 5.56 Å². The first-order chi connectivity index (χ1) is 12.9. The van der Waals surface area contributed by atoms with E-state index in [2.05, 4.69) is 48.8 Å². The Hall–Kier alpha value is -1.85. The summed E-state index contributed by atoms with van der Waals surface area (Å²) in [6.07, 6.45) is 1.65. The van der Waals surface area contributed by atoms with Gasteiger partial charge in [0.05, 0.1) is 10.6 Å². The molecule has 9 heteroatoms. The molecule has 1 aliphatic rings. The van der Waals surface area contributed by atoms with Crippen molar-refractivity contribution < 1.29 is 19.4 Å². The fourth-order valence-electron chi connectivity index (χ4n) is 2.18. The fraction of sp³-hybridized carbons (Fsp3) is 0.0556. The maximum absolute atomic E-state index is 12.3. The SMILES string of the molecule is O=C(O)COc1cc(Br)ccc1/C=C1/SC(=Nc2cccc(I)c2)NC1=O. The Morgan fingerprint density at radius 2 is 2.15 bits per heavy atom. The molecule has 1 heterocycles. The van der Waals surface area contributed by atoms with Gasteiger partial charge >= 0.3 is 5.97 Å². The number of carboxylic acid groups (broad SMARTS) is 1. The second-order valence-corrected chi connectivity index (χ2v) is 8.52. The van der Waals surface area contributed by atoms with E-state index in [1.54, 1.807) is 24.3 Å². The number of amidine groups is 1. The number of hydrogen-bond donors (Lipinski definition) is 2. The molecule has 1 aliphatic heterocycles. The minimum atomic E-state index is -1.08. The van der Waals surface area contributed by atoms with Crippen LogP contribution < -0.4 is 10.1 Å². The second kappa shape index (κ2) is 8.89. The van der Waals surface area contributed by atoms with Crippen molar-refractivity contribution in [2.45, 2.75) is 0 Å². The van der Waals surface area contributed by atoms with Crippen molar-refractivity contribution in [3.05, 3.63) is 61.0 Å². The van der Waals surface area contributed by atoms with Gasteiger partial charge in [-0.15, -0.1) is 0 Å². The van der Waals surface area contributed by atoms with Gasteiger partial charge in [-0.05, 0) is 70.8 Å². The number of aliphatic imine (C=N–C) groups is 1. The van der Waals surface area contributed by atoms with Gasteiger partial charge in [0.1, 0.15) is 5.75 Å². The minimum Gasteiger partial charge on any atom is -0.481 e. The van der Waals surface area contributed by atoms with E-state index in [4.69, 9.17) is 9.84 Å². The highest BCUT2D eigenvalue weighted by molar-refractivity contribution is 14.1. The third kappa shape index (κ3) is 5.56. The van der Waals surface area contributed by atoms with E-state index in [1.165, 1.54) is 11.8 Å². The number of halogens is 2. The Morgan fingerprint density at radius 3 is 2.89 bits per heavy atom. The summed E-state index contributed by atoms with van der Waals surface area (Å²) in [6.45, 7) is -0.467. The quantitative estimate of drug-likeness (QED) is 0.419. The van der Waals surface area contributed by atoms with Crippen LogP contribution in [0.15, 0.2) is 56.8 Å². The Bertz CT molecular complexity index is 978. The molecule has 2 aromatic carbocycles. The number of rotatable bonds is 5. The van der Waals surface area contributed by atoms with Gasteiger partial charge in [0.2, 0.25) is 0 Å². The first-order valence-corrected chi connectivity index (χ1v) is 10.3. The van der Waals surface area contributed by atoms with Crippen molar-refractivity contribution >= 4 is 79.1 Å². The molecule has 0 aromatic heterocycles. The van der Waals surface area contributed by atoms with Crippen LogP contribution in [0.5, 0.6) is 5.75 Å². The van der Waals surface area contributed by atoms with Crippen molar-refractivity contribution in [2.24, 2.45) is 4.99 Å². The van der Waals surface area contributed by atoms with Gasteiger partial charge in [-0.3, -0.25) is 4.79 Å². The number of nitrogens with zero attached hydrogens (tertiary/aromatic N) is 1. The van der Waals surface area contributed by atoms with Gasteiger partial charge in [-0.1, -0.05) is 28.1 Å². The minimum absolute atomic E-state index is 0.267. The predicted molar refractivity (Wildman–Crippen MR) is 117 cm³/mol. The summed E-state index contributed by atoms with van der Waals surface area (Å²) in [4.78, 5) is 27.9. The molecule has 0 bridgehead atoms. The first-order valence-electron chi connectivity index (χ1n) is 7.60. The van der Waals surface area contributed by atoms with E-state index in [0.717, 1.165) is 13.7 Å². The Kier molecular flexibility index (Phi) is 6.55. The summed E-state index contributed by atoms with van der Waals surface area (Å²) in [6, 6.07) is 12.8. The number of carbonyl (C=O) groups excluding carboxylic acids is 1. The topological polar surface area (TPSA) is 88.0 Å². The number of amides is 1. The van der Waals surface area contributed by atoms with Crippen molar-refractivity contribution in [1.29, 1.82) is 0 Å². The molecular weight excluding hydrogens is 547 g/mol. The van der Waals surface area contributed by atoms with E-state index in [1.807, 2.05) is 24.3 Å².